The van der Waals surface area contributed by atoms with Crippen LogP contribution in [0.1, 0.15) is 41.6 Å². The lowest BCUT2D eigenvalue weighted by Crippen LogP contribution is -2.39. The van der Waals surface area contributed by atoms with Gasteiger partial charge in [-0.2, -0.15) is 5.10 Å². The van der Waals surface area contributed by atoms with Crippen LogP contribution in [0.5, 0.6) is 5.75 Å². The molecule has 1 aliphatic carbocycles. The Balaban J connectivity index is 1.53. The molecule has 140 valence electrons. The van der Waals surface area contributed by atoms with Crippen molar-refractivity contribution >= 4 is 16.9 Å². The Morgan fingerprint density at radius 1 is 1.22 bits per heavy atom. The summed E-state index contributed by atoms with van der Waals surface area (Å²) in [7, 11) is 3.52. The number of hydrogen-bond donors (Lipinski definition) is 1. The van der Waals surface area contributed by atoms with E-state index >= 15 is 0 Å². The number of methoxy groups -OCH3 is 1. The van der Waals surface area contributed by atoms with Gasteiger partial charge in [-0.25, -0.2) is 0 Å². The number of aromatic nitrogens is 3. The molecule has 0 aliphatic heterocycles. The molecular weight excluding hydrogens is 340 g/mol. The predicted octanol–water partition coefficient (Wildman–Crippen LogP) is 3.22. The SMILES string of the molecule is COc1ccc(C2(CNC(=O)c3cnc4cnn(C)c4c3)CCCC2)cc1. The maximum Gasteiger partial charge on any atom is 0.252 e. The Hall–Kier alpha value is -2.89. The fourth-order valence-corrected chi connectivity index (χ4v) is 4.07. The van der Waals surface area contributed by atoms with Crippen molar-refractivity contribution in [3.63, 3.8) is 0 Å². The number of carbonyl (C=O) groups excluding carboxylic acids is 1. The van der Waals surface area contributed by atoms with Gasteiger partial charge in [-0.3, -0.25) is 14.5 Å². The molecule has 6 heteroatoms. The number of rotatable bonds is 5. The second-order valence-corrected chi connectivity index (χ2v) is 7.30. The van der Waals surface area contributed by atoms with Crippen molar-refractivity contribution in [1.82, 2.24) is 20.1 Å². The summed E-state index contributed by atoms with van der Waals surface area (Å²) in [4.78, 5) is 17.1. The Labute approximate surface area is 158 Å². The maximum absolute atomic E-state index is 12.8. The van der Waals surface area contributed by atoms with Crippen LogP contribution in [0.2, 0.25) is 0 Å². The van der Waals surface area contributed by atoms with E-state index in [2.05, 4.69) is 27.5 Å². The highest BCUT2D eigenvalue weighted by Crippen LogP contribution is 2.41. The van der Waals surface area contributed by atoms with Gasteiger partial charge in [0.05, 0.1) is 24.4 Å². The summed E-state index contributed by atoms with van der Waals surface area (Å²) < 4.78 is 7.01. The third-order valence-electron chi connectivity index (χ3n) is 5.71. The summed E-state index contributed by atoms with van der Waals surface area (Å²) in [6.07, 6.45) is 7.86. The number of carbonyl (C=O) groups is 1. The molecule has 27 heavy (non-hydrogen) atoms. The summed E-state index contributed by atoms with van der Waals surface area (Å²) in [5, 5.41) is 7.33. The molecule has 0 bridgehead atoms. The van der Waals surface area contributed by atoms with Gasteiger partial charge in [-0.1, -0.05) is 25.0 Å². The fourth-order valence-electron chi connectivity index (χ4n) is 4.07. The first-order valence-electron chi connectivity index (χ1n) is 9.32. The molecule has 1 amide bonds. The molecule has 0 saturated heterocycles. The Morgan fingerprint density at radius 3 is 2.67 bits per heavy atom. The van der Waals surface area contributed by atoms with Gasteiger partial charge in [-0.15, -0.1) is 0 Å². The average molecular weight is 364 g/mol. The second kappa shape index (κ2) is 7.02. The largest absolute Gasteiger partial charge is 0.497 e. The first-order chi connectivity index (χ1) is 13.1. The minimum Gasteiger partial charge on any atom is -0.497 e. The molecule has 1 fully saturated rings. The van der Waals surface area contributed by atoms with E-state index in [1.54, 1.807) is 24.2 Å². The first-order valence-corrected chi connectivity index (χ1v) is 9.32. The van der Waals surface area contributed by atoms with Crippen LogP contribution in [0.15, 0.2) is 42.7 Å². The molecule has 6 nitrogen and oxygen atoms in total. The van der Waals surface area contributed by atoms with Gasteiger partial charge in [0, 0.05) is 25.2 Å². The van der Waals surface area contributed by atoms with Gasteiger partial charge in [-0.05, 0) is 36.6 Å². The van der Waals surface area contributed by atoms with E-state index in [-0.39, 0.29) is 11.3 Å². The third-order valence-corrected chi connectivity index (χ3v) is 5.71. The summed E-state index contributed by atoms with van der Waals surface area (Å²) in [6, 6.07) is 10.1. The smallest absolute Gasteiger partial charge is 0.252 e. The highest BCUT2D eigenvalue weighted by molar-refractivity contribution is 5.96. The number of nitrogens with zero attached hydrogens (tertiary/aromatic N) is 3. The quantitative estimate of drug-likeness (QED) is 0.755. The molecule has 0 radical (unpaired) electrons. The normalized spacial score (nSPS) is 15.8. The number of amides is 1. The van der Waals surface area contributed by atoms with Crippen LogP contribution < -0.4 is 10.1 Å². The second-order valence-electron chi connectivity index (χ2n) is 7.30. The van der Waals surface area contributed by atoms with Crippen LogP contribution >= 0.6 is 0 Å². The van der Waals surface area contributed by atoms with Crippen LogP contribution in [-0.4, -0.2) is 34.3 Å². The summed E-state index contributed by atoms with van der Waals surface area (Å²) in [5.41, 5.74) is 3.47. The number of aryl methyl sites for hydroxylation is 1. The standard InChI is InChI=1S/C21H24N4O2/c1-25-19-11-15(12-22-18(19)13-24-25)20(26)23-14-21(9-3-4-10-21)16-5-7-17(27-2)8-6-16/h5-8,11-13H,3-4,9-10,14H2,1-2H3,(H,23,26). The van der Waals surface area contributed by atoms with Gasteiger partial charge in [0.25, 0.3) is 5.91 Å². The number of nitrogens with one attached hydrogen (secondary N) is 1. The molecule has 2 aromatic heterocycles. The first kappa shape index (κ1) is 17.5. The average Bonchev–Trinajstić information content (AvgIpc) is 3.34. The van der Waals surface area contributed by atoms with Gasteiger partial charge >= 0.3 is 0 Å². The fraction of sp³-hybridized carbons (Fsp3) is 0.381. The van der Waals surface area contributed by atoms with Crippen molar-refractivity contribution in [2.24, 2.45) is 7.05 Å². The summed E-state index contributed by atoms with van der Waals surface area (Å²) >= 11 is 0. The van der Waals surface area contributed by atoms with Crippen molar-refractivity contribution in [2.75, 3.05) is 13.7 Å². The van der Waals surface area contributed by atoms with Gasteiger partial charge in [0.15, 0.2) is 0 Å². The van der Waals surface area contributed by atoms with Crippen molar-refractivity contribution in [1.29, 1.82) is 0 Å². The lowest BCUT2D eigenvalue weighted by molar-refractivity contribution is 0.0943. The Morgan fingerprint density at radius 2 is 1.96 bits per heavy atom. The molecule has 3 aromatic rings. The highest BCUT2D eigenvalue weighted by atomic mass is 16.5. The topological polar surface area (TPSA) is 69.0 Å². The summed E-state index contributed by atoms with van der Waals surface area (Å²) in [6.45, 7) is 0.627. The molecule has 1 saturated carbocycles. The molecular formula is C21H24N4O2. The highest BCUT2D eigenvalue weighted by Gasteiger charge is 2.36. The number of fused-ring (bicyclic) bond motifs is 1. The zero-order valence-corrected chi connectivity index (χ0v) is 15.7. The minimum atomic E-state index is -0.0922. The van der Waals surface area contributed by atoms with Crippen LogP contribution in [0.4, 0.5) is 0 Å². The van der Waals surface area contributed by atoms with E-state index in [1.807, 2.05) is 25.2 Å². The molecule has 1 aromatic carbocycles. The van der Waals surface area contributed by atoms with Crippen LogP contribution in [0.3, 0.4) is 0 Å². The van der Waals surface area contributed by atoms with Gasteiger partial charge < -0.3 is 10.1 Å². The van der Waals surface area contributed by atoms with E-state index in [9.17, 15) is 4.79 Å². The molecule has 1 N–H and O–H groups in total. The van der Waals surface area contributed by atoms with Crippen molar-refractivity contribution in [3.8, 4) is 5.75 Å². The van der Waals surface area contributed by atoms with E-state index in [0.29, 0.717) is 12.1 Å². The van der Waals surface area contributed by atoms with Crippen molar-refractivity contribution in [3.05, 3.63) is 53.9 Å². The molecule has 0 unspecified atom stereocenters. The van der Waals surface area contributed by atoms with Gasteiger partial charge in [0.2, 0.25) is 0 Å². The molecule has 0 spiro atoms. The van der Waals surface area contributed by atoms with Crippen LogP contribution in [0, 0.1) is 0 Å². The van der Waals surface area contributed by atoms with Crippen LogP contribution in [0.25, 0.3) is 11.0 Å². The molecule has 1 aliphatic rings. The van der Waals surface area contributed by atoms with Crippen molar-refractivity contribution < 1.29 is 9.53 Å². The predicted molar refractivity (Wildman–Crippen MR) is 104 cm³/mol. The number of hydrogen-bond acceptors (Lipinski definition) is 4. The Bertz CT molecular complexity index is 956. The van der Waals surface area contributed by atoms with E-state index in [1.165, 1.54) is 18.4 Å². The molecule has 0 atom stereocenters. The maximum atomic E-state index is 12.8. The van der Waals surface area contributed by atoms with E-state index in [0.717, 1.165) is 29.6 Å². The number of ether oxygens (including phenoxy) is 1. The van der Waals surface area contributed by atoms with E-state index in [4.69, 9.17) is 4.74 Å². The molecule has 2 heterocycles. The lowest BCUT2D eigenvalue weighted by Gasteiger charge is -2.30. The number of pyridine rings is 1. The van der Waals surface area contributed by atoms with E-state index < -0.39 is 0 Å². The zero-order valence-electron chi connectivity index (χ0n) is 15.7. The molecule has 4 rings (SSSR count). The zero-order chi connectivity index (χ0) is 18.9. The van der Waals surface area contributed by atoms with Crippen LogP contribution in [-0.2, 0) is 12.5 Å². The lowest BCUT2D eigenvalue weighted by atomic mass is 9.78. The number of benzene rings is 1. The van der Waals surface area contributed by atoms with Gasteiger partial charge in [0.1, 0.15) is 11.3 Å². The minimum absolute atomic E-state index is 0.00795. The third kappa shape index (κ3) is 3.27. The van der Waals surface area contributed by atoms with Crippen molar-refractivity contribution in [2.45, 2.75) is 31.1 Å². The monoisotopic (exact) mass is 364 g/mol. The summed E-state index contributed by atoms with van der Waals surface area (Å²) in [5.74, 6) is 0.761. The Kier molecular flexibility index (Phi) is 4.56.